The molecule has 0 spiro atoms. The number of hydrogen-bond acceptors (Lipinski definition) is 5. The normalized spacial score (nSPS) is 10.5. The van der Waals surface area contributed by atoms with Crippen molar-refractivity contribution < 1.29 is 4.79 Å². The summed E-state index contributed by atoms with van der Waals surface area (Å²) >= 11 is 0. The molecule has 156 valence electrons. The lowest BCUT2D eigenvalue weighted by atomic mass is 10.1. The molecule has 6 heteroatoms. The zero-order valence-corrected chi connectivity index (χ0v) is 17.9. The number of aromatic nitrogens is 2. The molecule has 0 atom stereocenters. The zero-order valence-electron chi connectivity index (χ0n) is 17.9. The first kappa shape index (κ1) is 21.3. The van der Waals surface area contributed by atoms with Crippen molar-refractivity contribution >= 4 is 28.9 Å². The van der Waals surface area contributed by atoms with Gasteiger partial charge in [-0.1, -0.05) is 30.3 Å². The predicted octanol–water partition coefficient (Wildman–Crippen LogP) is 4.95. The smallest absolute Gasteiger partial charge is 0.224 e. The summed E-state index contributed by atoms with van der Waals surface area (Å²) in [5.41, 5.74) is 2.85. The third-order valence-electron chi connectivity index (χ3n) is 4.84. The molecule has 0 aliphatic carbocycles. The van der Waals surface area contributed by atoms with Crippen molar-refractivity contribution in [3.63, 3.8) is 0 Å². The van der Waals surface area contributed by atoms with Crippen LogP contribution in [0.25, 0.3) is 0 Å². The molecule has 1 amide bonds. The number of rotatable bonds is 9. The average molecular weight is 404 g/mol. The molecule has 0 aliphatic rings. The molecule has 30 heavy (non-hydrogen) atoms. The van der Waals surface area contributed by atoms with Gasteiger partial charge in [0.1, 0.15) is 17.5 Å². The highest BCUT2D eigenvalue weighted by Crippen LogP contribution is 2.21. The van der Waals surface area contributed by atoms with Crippen LogP contribution < -0.4 is 15.5 Å². The van der Waals surface area contributed by atoms with E-state index in [0.29, 0.717) is 6.42 Å². The first-order valence-corrected chi connectivity index (χ1v) is 10.4. The third kappa shape index (κ3) is 6.04. The van der Waals surface area contributed by atoms with Crippen molar-refractivity contribution in [2.75, 3.05) is 28.6 Å². The maximum atomic E-state index is 12.2. The molecular weight excluding hydrogens is 374 g/mol. The number of anilines is 4. The minimum absolute atomic E-state index is 0.00912. The number of nitrogens with one attached hydrogen (secondary N) is 2. The van der Waals surface area contributed by atoms with E-state index in [1.807, 2.05) is 67.6 Å². The maximum Gasteiger partial charge on any atom is 0.224 e. The fourth-order valence-electron chi connectivity index (χ4n) is 3.24. The van der Waals surface area contributed by atoms with Gasteiger partial charge in [0, 0.05) is 37.0 Å². The van der Waals surface area contributed by atoms with Crippen molar-refractivity contribution in [3.8, 4) is 0 Å². The van der Waals surface area contributed by atoms with E-state index >= 15 is 0 Å². The van der Waals surface area contributed by atoms with Crippen molar-refractivity contribution in [1.82, 2.24) is 9.97 Å². The second-order valence-corrected chi connectivity index (χ2v) is 7.07. The number of nitrogens with zero attached hydrogens (tertiary/aromatic N) is 3. The van der Waals surface area contributed by atoms with Gasteiger partial charge in [0.2, 0.25) is 5.91 Å². The summed E-state index contributed by atoms with van der Waals surface area (Å²) in [6.07, 6.45) is 1.19. The zero-order chi connectivity index (χ0) is 21.3. The number of carbonyl (C=O) groups excluding carboxylic acids is 1. The number of carbonyl (C=O) groups is 1. The molecule has 3 aromatic rings. The Morgan fingerprint density at radius 1 is 0.933 bits per heavy atom. The summed E-state index contributed by atoms with van der Waals surface area (Å²) in [5.74, 6) is 2.40. The van der Waals surface area contributed by atoms with E-state index in [2.05, 4.69) is 39.3 Å². The number of aryl methyl sites for hydroxylation is 2. The van der Waals surface area contributed by atoms with E-state index in [4.69, 9.17) is 0 Å². The highest BCUT2D eigenvalue weighted by atomic mass is 16.1. The monoisotopic (exact) mass is 403 g/mol. The lowest BCUT2D eigenvalue weighted by molar-refractivity contribution is -0.116. The van der Waals surface area contributed by atoms with Gasteiger partial charge in [0.05, 0.1) is 0 Å². The van der Waals surface area contributed by atoms with Gasteiger partial charge < -0.3 is 15.5 Å². The van der Waals surface area contributed by atoms with Gasteiger partial charge in [-0.15, -0.1) is 0 Å². The largest absolute Gasteiger partial charge is 0.357 e. The SMILES string of the molecule is CCN(CC)c1cc(Nc2ccc(NC(=O)CCc3ccccc3)cc2)nc(C)n1. The molecule has 2 aromatic carbocycles. The van der Waals surface area contributed by atoms with Gasteiger partial charge in [-0.05, 0) is 57.0 Å². The van der Waals surface area contributed by atoms with Crippen LogP contribution in [-0.2, 0) is 11.2 Å². The fraction of sp³-hybridized carbons (Fsp3) is 0.292. The molecule has 6 nitrogen and oxygen atoms in total. The van der Waals surface area contributed by atoms with Crippen molar-refractivity contribution in [2.45, 2.75) is 33.6 Å². The van der Waals surface area contributed by atoms with Crippen LogP contribution in [-0.4, -0.2) is 29.0 Å². The van der Waals surface area contributed by atoms with Gasteiger partial charge in [-0.2, -0.15) is 0 Å². The molecule has 2 N–H and O–H groups in total. The number of benzene rings is 2. The molecule has 0 unspecified atom stereocenters. The van der Waals surface area contributed by atoms with E-state index < -0.39 is 0 Å². The van der Waals surface area contributed by atoms with Crippen molar-refractivity contribution in [2.24, 2.45) is 0 Å². The van der Waals surface area contributed by atoms with Crippen LogP contribution in [0.3, 0.4) is 0 Å². The summed E-state index contributed by atoms with van der Waals surface area (Å²) in [4.78, 5) is 23.4. The summed E-state index contributed by atoms with van der Waals surface area (Å²) in [6, 6.07) is 19.6. The lowest BCUT2D eigenvalue weighted by Crippen LogP contribution is -2.23. The molecule has 0 radical (unpaired) electrons. The summed E-state index contributed by atoms with van der Waals surface area (Å²) < 4.78 is 0. The van der Waals surface area contributed by atoms with E-state index in [9.17, 15) is 4.79 Å². The van der Waals surface area contributed by atoms with Gasteiger partial charge in [-0.25, -0.2) is 9.97 Å². The first-order valence-electron chi connectivity index (χ1n) is 10.4. The minimum atomic E-state index is 0.00912. The maximum absolute atomic E-state index is 12.2. The Bertz CT molecular complexity index is 953. The molecule has 0 saturated heterocycles. The Hall–Kier alpha value is -3.41. The molecular formula is C24H29N5O. The number of amides is 1. The fourth-order valence-corrected chi connectivity index (χ4v) is 3.24. The predicted molar refractivity (Wildman–Crippen MR) is 123 cm³/mol. The van der Waals surface area contributed by atoms with E-state index in [-0.39, 0.29) is 5.91 Å². The van der Waals surface area contributed by atoms with Gasteiger partial charge in [0.25, 0.3) is 0 Å². The molecule has 1 heterocycles. The topological polar surface area (TPSA) is 70.2 Å². The highest BCUT2D eigenvalue weighted by molar-refractivity contribution is 5.91. The van der Waals surface area contributed by atoms with Gasteiger partial charge >= 0.3 is 0 Å². The molecule has 3 rings (SSSR count). The molecule has 0 saturated carbocycles. The standard InChI is InChI=1S/C24H29N5O/c1-4-29(5-2)23-17-22(25-18(3)26-23)27-20-12-14-21(15-13-20)28-24(30)16-11-19-9-7-6-8-10-19/h6-10,12-15,17H,4-5,11,16H2,1-3H3,(H,28,30)(H,25,26,27). The average Bonchev–Trinajstić information content (AvgIpc) is 2.75. The Labute approximate surface area is 178 Å². The second-order valence-electron chi connectivity index (χ2n) is 7.07. The summed E-state index contributed by atoms with van der Waals surface area (Å²) in [7, 11) is 0. The van der Waals surface area contributed by atoms with Gasteiger partial charge in [0.15, 0.2) is 0 Å². The van der Waals surface area contributed by atoms with Crippen LogP contribution in [0, 0.1) is 6.92 Å². The molecule has 0 bridgehead atoms. The summed E-state index contributed by atoms with van der Waals surface area (Å²) in [5, 5.41) is 6.28. The van der Waals surface area contributed by atoms with Crippen molar-refractivity contribution in [1.29, 1.82) is 0 Å². The van der Waals surface area contributed by atoms with Crippen LogP contribution >= 0.6 is 0 Å². The Kier molecular flexibility index (Phi) is 7.38. The Morgan fingerprint density at radius 2 is 1.60 bits per heavy atom. The minimum Gasteiger partial charge on any atom is -0.357 e. The van der Waals surface area contributed by atoms with E-state index in [1.165, 1.54) is 0 Å². The van der Waals surface area contributed by atoms with Crippen molar-refractivity contribution in [3.05, 3.63) is 72.1 Å². The molecule has 0 fully saturated rings. The van der Waals surface area contributed by atoms with Crippen LogP contribution in [0.2, 0.25) is 0 Å². The van der Waals surface area contributed by atoms with E-state index in [0.717, 1.165) is 53.9 Å². The quantitative estimate of drug-likeness (QED) is 0.529. The van der Waals surface area contributed by atoms with Crippen LogP contribution in [0.1, 0.15) is 31.7 Å². The van der Waals surface area contributed by atoms with Crippen LogP contribution in [0.4, 0.5) is 23.0 Å². The van der Waals surface area contributed by atoms with Gasteiger partial charge in [-0.3, -0.25) is 4.79 Å². The molecule has 0 aliphatic heterocycles. The van der Waals surface area contributed by atoms with Crippen LogP contribution in [0.5, 0.6) is 0 Å². The molecule has 1 aromatic heterocycles. The Morgan fingerprint density at radius 3 is 2.27 bits per heavy atom. The third-order valence-corrected chi connectivity index (χ3v) is 4.84. The highest BCUT2D eigenvalue weighted by Gasteiger charge is 2.08. The summed E-state index contributed by atoms with van der Waals surface area (Å²) in [6.45, 7) is 7.91. The first-order chi connectivity index (χ1) is 14.6. The number of hydrogen-bond donors (Lipinski definition) is 2. The lowest BCUT2D eigenvalue weighted by Gasteiger charge is -2.20. The second kappa shape index (κ2) is 10.4. The van der Waals surface area contributed by atoms with E-state index in [1.54, 1.807) is 0 Å². The van der Waals surface area contributed by atoms with Crippen LogP contribution in [0.15, 0.2) is 60.7 Å². The Balaban J connectivity index is 1.58.